The Bertz CT molecular complexity index is 581. The molecule has 0 spiro atoms. The molecule has 0 radical (unpaired) electrons. The summed E-state index contributed by atoms with van der Waals surface area (Å²) in [5.74, 6) is 0.856. The largest absolute Gasteiger partial charge is 0.497 e. The second-order valence-electron chi connectivity index (χ2n) is 5.24. The highest BCUT2D eigenvalue weighted by atomic mass is 32.1. The quantitative estimate of drug-likeness (QED) is 0.853. The molecule has 0 saturated carbocycles. The first-order chi connectivity index (χ1) is 10.6. The number of amides is 1. The first kappa shape index (κ1) is 16.5. The fourth-order valence-corrected chi connectivity index (χ4v) is 2.83. The maximum atomic E-state index is 12.2. The van der Waals surface area contributed by atoms with E-state index in [9.17, 15) is 4.79 Å². The average molecular weight is 318 g/mol. The number of thiophene rings is 1. The van der Waals surface area contributed by atoms with Gasteiger partial charge in [0, 0.05) is 18.0 Å². The molecule has 0 unspecified atom stereocenters. The van der Waals surface area contributed by atoms with Crippen molar-refractivity contribution in [2.45, 2.75) is 26.1 Å². The second kappa shape index (κ2) is 7.96. The van der Waals surface area contributed by atoms with Crippen LogP contribution in [0.15, 0.2) is 41.8 Å². The minimum atomic E-state index is -0.166. The third-order valence-electron chi connectivity index (χ3n) is 3.65. The molecule has 22 heavy (non-hydrogen) atoms. The van der Waals surface area contributed by atoms with Crippen LogP contribution in [0.2, 0.25) is 0 Å². The Labute approximate surface area is 135 Å². The van der Waals surface area contributed by atoms with Crippen LogP contribution in [0, 0.1) is 0 Å². The highest BCUT2D eigenvalue weighted by molar-refractivity contribution is 7.09. The van der Waals surface area contributed by atoms with Gasteiger partial charge in [-0.1, -0.05) is 18.2 Å². The molecule has 118 valence electrons. The van der Waals surface area contributed by atoms with Crippen molar-refractivity contribution in [3.63, 3.8) is 0 Å². The van der Waals surface area contributed by atoms with Gasteiger partial charge >= 0.3 is 0 Å². The zero-order valence-electron chi connectivity index (χ0n) is 13.2. The van der Waals surface area contributed by atoms with Crippen molar-refractivity contribution in [1.29, 1.82) is 0 Å². The van der Waals surface area contributed by atoms with Crippen LogP contribution in [0.1, 0.15) is 17.4 Å². The minimum Gasteiger partial charge on any atom is -0.497 e. The molecular weight excluding hydrogens is 296 g/mol. The summed E-state index contributed by atoms with van der Waals surface area (Å²) in [6, 6.07) is 11.7. The predicted octanol–water partition coefficient (Wildman–Crippen LogP) is 2.89. The van der Waals surface area contributed by atoms with Crippen molar-refractivity contribution in [3.05, 3.63) is 52.2 Å². The molecule has 0 saturated heterocycles. The summed E-state index contributed by atoms with van der Waals surface area (Å²) < 4.78 is 5.12. The lowest BCUT2D eigenvalue weighted by Gasteiger charge is -2.23. The molecule has 0 bridgehead atoms. The van der Waals surface area contributed by atoms with E-state index in [1.54, 1.807) is 18.4 Å². The van der Waals surface area contributed by atoms with Crippen LogP contribution >= 0.6 is 11.3 Å². The van der Waals surface area contributed by atoms with Crippen LogP contribution in [0.3, 0.4) is 0 Å². The zero-order valence-corrected chi connectivity index (χ0v) is 14.0. The van der Waals surface area contributed by atoms with Gasteiger partial charge in [-0.15, -0.1) is 11.3 Å². The van der Waals surface area contributed by atoms with E-state index < -0.39 is 0 Å². The van der Waals surface area contributed by atoms with Crippen molar-refractivity contribution in [2.75, 3.05) is 14.2 Å². The van der Waals surface area contributed by atoms with Gasteiger partial charge in [-0.25, -0.2) is 0 Å². The summed E-state index contributed by atoms with van der Waals surface area (Å²) in [7, 11) is 3.61. The normalized spacial score (nSPS) is 12.2. The van der Waals surface area contributed by atoms with E-state index in [0.29, 0.717) is 6.54 Å². The highest BCUT2D eigenvalue weighted by Gasteiger charge is 2.18. The zero-order chi connectivity index (χ0) is 15.9. The lowest BCUT2D eigenvalue weighted by molar-refractivity contribution is -0.125. The molecular formula is C17H22N2O2S. The topological polar surface area (TPSA) is 41.6 Å². The van der Waals surface area contributed by atoms with Gasteiger partial charge in [-0.2, -0.15) is 0 Å². The van der Waals surface area contributed by atoms with Gasteiger partial charge in [0.05, 0.1) is 13.2 Å². The summed E-state index contributed by atoms with van der Waals surface area (Å²) in [6.07, 6.45) is 0. The van der Waals surface area contributed by atoms with Crippen LogP contribution < -0.4 is 10.1 Å². The van der Waals surface area contributed by atoms with Gasteiger partial charge in [0.15, 0.2) is 0 Å². The van der Waals surface area contributed by atoms with Gasteiger partial charge < -0.3 is 10.1 Å². The monoisotopic (exact) mass is 318 g/mol. The molecule has 0 aliphatic rings. The Morgan fingerprint density at radius 3 is 2.64 bits per heavy atom. The van der Waals surface area contributed by atoms with Crippen LogP contribution in [0.4, 0.5) is 0 Å². The van der Waals surface area contributed by atoms with E-state index >= 15 is 0 Å². The number of hydrogen-bond donors (Lipinski definition) is 1. The Kier molecular flexibility index (Phi) is 5.98. The van der Waals surface area contributed by atoms with E-state index in [1.165, 1.54) is 4.88 Å². The number of nitrogens with zero attached hydrogens (tertiary/aromatic N) is 1. The highest BCUT2D eigenvalue weighted by Crippen LogP contribution is 2.13. The molecule has 1 N–H and O–H groups in total. The SMILES string of the molecule is COc1ccc(CNC(=O)[C@H](C)N(C)Cc2cccs2)cc1. The summed E-state index contributed by atoms with van der Waals surface area (Å²) in [5, 5.41) is 5.03. The van der Waals surface area contributed by atoms with E-state index in [-0.39, 0.29) is 11.9 Å². The number of rotatable bonds is 7. The number of hydrogen-bond acceptors (Lipinski definition) is 4. The molecule has 0 fully saturated rings. The molecule has 1 aromatic heterocycles. The number of nitrogens with one attached hydrogen (secondary N) is 1. The van der Waals surface area contributed by atoms with E-state index in [2.05, 4.69) is 21.7 Å². The van der Waals surface area contributed by atoms with Crippen molar-refractivity contribution in [3.8, 4) is 5.75 Å². The third kappa shape index (κ3) is 4.58. The average Bonchev–Trinajstić information content (AvgIpc) is 3.05. The number of carbonyl (C=O) groups is 1. The number of carbonyl (C=O) groups excluding carboxylic acids is 1. The first-order valence-corrected chi connectivity index (χ1v) is 8.11. The van der Waals surface area contributed by atoms with Gasteiger partial charge in [-0.05, 0) is 43.1 Å². The summed E-state index contributed by atoms with van der Waals surface area (Å²) in [4.78, 5) is 15.5. The Morgan fingerprint density at radius 2 is 2.05 bits per heavy atom. The number of ether oxygens (including phenoxy) is 1. The molecule has 1 heterocycles. The predicted molar refractivity (Wildman–Crippen MR) is 90.1 cm³/mol. The van der Waals surface area contributed by atoms with E-state index in [4.69, 9.17) is 4.74 Å². The molecule has 1 atom stereocenters. The third-order valence-corrected chi connectivity index (χ3v) is 4.51. The Hall–Kier alpha value is -1.85. The maximum absolute atomic E-state index is 12.2. The fraction of sp³-hybridized carbons (Fsp3) is 0.353. The summed E-state index contributed by atoms with van der Waals surface area (Å²) >= 11 is 1.71. The van der Waals surface area contributed by atoms with Crippen molar-refractivity contribution < 1.29 is 9.53 Å². The van der Waals surface area contributed by atoms with Gasteiger partial charge in [0.25, 0.3) is 0 Å². The van der Waals surface area contributed by atoms with E-state index in [0.717, 1.165) is 17.9 Å². The lowest BCUT2D eigenvalue weighted by atomic mass is 10.2. The first-order valence-electron chi connectivity index (χ1n) is 7.23. The van der Waals surface area contributed by atoms with Crippen LogP contribution in [-0.4, -0.2) is 31.0 Å². The lowest BCUT2D eigenvalue weighted by Crippen LogP contribution is -2.42. The van der Waals surface area contributed by atoms with Crippen molar-refractivity contribution >= 4 is 17.2 Å². The fourth-order valence-electron chi connectivity index (χ4n) is 2.07. The number of methoxy groups -OCH3 is 1. The van der Waals surface area contributed by atoms with Gasteiger partial charge in [-0.3, -0.25) is 9.69 Å². The Morgan fingerprint density at radius 1 is 1.32 bits per heavy atom. The van der Waals surface area contributed by atoms with Crippen LogP contribution in [-0.2, 0) is 17.9 Å². The maximum Gasteiger partial charge on any atom is 0.237 e. The van der Waals surface area contributed by atoms with E-state index in [1.807, 2.05) is 44.3 Å². The van der Waals surface area contributed by atoms with Crippen molar-refractivity contribution in [2.24, 2.45) is 0 Å². The number of benzene rings is 1. The van der Waals surface area contributed by atoms with Crippen molar-refractivity contribution in [1.82, 2.24) is 10.2 Å². The molecule has 0 aliphatic carbocycles. The molecule has 5 heteroatoms. The standard InChI is InChI=1S/C17H22N2O2S/c1-13(19(2)12-16-5-4-10-22-16)17(20)18-11-14-6-8-15(21-3)9-7-14/h4-10,13H,11-12H2,1-3H3,(H,18,20)/t13-/m0/s1. The van der Waals surface area contributed by atoms with Gasteiger partial charge in [0.2, 0.25) is 5.91 Å². The van der Waals surface area contributed by atoms with Gasteiger partial charge in [0.1, 0.15) is 5.75 Å². The van der Waals surface area contributed by atoms with Crippen LogP contribution in [0.5, 0.6) is 5.75 Å². The van der Waals surface area contributed by atoms with Crippen LogP contribution in [0.25, 0.3) is 0 Å². The smallest absolute Gasteiger partial charge is 0.237 e. The molecule has 2 aromatic rings. The second-order valence-corrected chi connectivity index (χ2v) is 6.27. The minimum absolute atomic E-state index is 0.0369. The molecule has 0 aliphatic heterocycles. The summed E-state index contributed by atoms with van der Waals surface area (Å²) in [5.41, 5.74) is 1.06. The molecule has 1 aromatic carbocycles. The molecule has 4 nitrogen and oxygen atoms in total. The molecule has 1 amide bonds. The molecule has 2 rings (SSSR count). The summed E-state index contributed by atoms with van der Waals surface area (Å²) in [6.45, 7) is 3.24. The number of likely N-dealkylation sites (N-methyl/N-ethyl adjacent to an activating group) is 1. The Balaban J connectivity index is 1.82.